The molecule has 0 aliphatic rings. The van der Waals surface area contributed by atoms with Crippen molar-refractivity contribution in [2.75, 3.05) is 0 Å². The van der Waals surface area contributed by atoms with Crippen LogP contribution >= 0.6 is 0 Å². The molecule has 2 atom stereocenters. The predicted molar refractivity (Wildman–Crippen MR) is 116 cm³/mol. The van der Waals surface area contributed by atoms with Gasteiger partial charge in [-0.25, -0.2) is 0 Å². The molecule has 166 valence electrons. The largest absolute Gasteiger partial charge is 0.481 e. The molecule has 4 heteroatoms. The zero-order chi connectivity index (χ0) is 22.0. The summed E-state index contributed by atoms with van der Waals surface area (Å²) in [6.45, 7) is 14.6. The molecule has 0 aromatic heterocycles. The summed E-state index contributed by atoms with van der Waals surface area (Å²) in [5, 5.41) is 19.4. The van der Waals surface area contributed by atoms with E-state index in [1.54, 1.807) is 6.92 Å². The minimum absolute atomic E-state index is 0.251. The molecule has 2 N–H and O–H groups in total. The van der Waals surface area contributed by atoms with Gasteiger partial charge in [0.2, 0.25) is 0 Å². The van der Waals surface area contributed by atoms with E-state index >= 15 is 0 Å². The molecule has 0 saturated carbocycles. The van der Waals surface area contributed by atoms with E-state index in [4.69, 9.17) is 5.11 Å². The van der Waals surface area contributed by atoms with Crippen molar-refractivity contribution in [2.45, 2.75) is 113 Å². The lowest BCUT2D eigenvalue weighted by atomic mass is 9.50. The van der Waals surface area contributed by atoms with E-state index in [9.17, 15) is 14.7 Å². The molecule has 0 aliphatic carbocycles. The standard InChI is InChI=1S/C24H46O4/c1-8-9-10-11-13-16-23(7,22(27)28)24(18(2)3,19(4)5)17-14-12-15-20(6)21(25)26/h18-20H,8-17H2,1-7H3,(H,25,26)(H,27,28). The van der Waals surface area contributed by atoms with Crippen LogP contribution in [0, 0.1) is 28.6 Å². The summed E-state index contributed by atoms with van der Waals surface area (Å²) in [6.07, 6.45) is 9.56. The van der Waals surface area contributed by atoms with Gasteiger partial charge in [-0.2, -0.15) is 0 Å². The molecule has 0 spiro atoms. The first-order valence-corrected chi connectivity index (χ1v) is 11.4. The Labute approximate surface area is 173 Å². The lowest BCUT2D eigenvalue weighted by Gasteiger charge is -2.53. The monoisotopic (exact) mass is 398 g/mol. The highest BCUT2D eigenvalue weighted by atomic mass is 16.4. The summed E-state index contributed by atoms with van der Waals surface area (Å²) in [4.78, 5) is 23.6. The highest BCUT2D eigenvalue weighted by Crippen LogP contribution is 2.56. The summed E-state index contributed by atoms with van der Waals surface area (Å²) in [5.41, 5.74) is -1.06. The van der Waals surface area contributed by atoms with Gasteiger partial charge >= 0.3 is 11.9 Å². The van der Waals surface area contributed by atoms with Crippen LogP contribution in [0.4, 0.5) is 0 Å². The average molecular weight is 399 g/mol. The molecular weight excluding hydrogens is 352 g/mol. The number of rotatable bonds is 16. The molecule has 0 aliphatic heterocycles. The van der Waals surface area contributed by atoms with Gasteiger partial charge < -0.3 is 10.2 Å². The lowest BCUT2D eigenvalue weighted by molar-refractivity contribution is -0.167. The number of hydrogen-bond acceptors (Lipinski definition) is 2. The van der Waals surface area contributed by atoms with Crippen LogP contribution in [0.15, 0.2) is 0 Å². The molecule has 2 unspecified atom stereocenters. The zero-order valence-electron chi connectivity index (χ0n) is 19.5. The van der Waals surface area contributed by atoms with Gasteiger partial charge in [-0.05, 0) is 43.4 Å². The average Bonchev–Trinajstić information content (AvgIpc) is 2.60. The van der Waals surface area contributed by atoms with Crippen molar-refractivity contribution in [3.63, 3.8) is 0 Å². The number of aliphatic carboxylic acids is 2. The van der Waals surface area contributed by atoms with Crippen LogP contribution in [-0.2, 0) is 9.59 Å². The van der Waals surface area contributed by atoms with E-state index in [1.807, 2.05) is 6.92 Å². The quantitative estimate of drug-likeness (QED) is 0.274. The van der Waals surface area contributed by atoms with Crippen molar-refractivity contribution in [1.29, 1.82) is 0 Å². The first kappa shape index (κ1) is 26.9. The maximum atomic E-state index is 12.5. The minimum Gasteiger partial charge on any atom is -0.481 e. The molecule has 4 nitrogen and oxygen atoms in total. The second kappa shape index (κ2) is 12.5. The molecule has 0 radical (unpaired) electrons. The lowest BCUT2D eigenvalue weighted by Crippen LogP contribution is -2.52. The normalized spacial score (nSPS) is 15.6. The van der Waals surface area contributed by atoms with Gasteiger partial charge in [-0.15, -0.1) is 0 Å². The molecular formula is C24H46O4. The minimum atomic E-state index is -0.764. The molecule has 0 heterocycles. The number of hydrogen-bond donors (Lipinski definition) is 2. The molecule has 0 fully saturated rings. The third-order valence-electron chi connectivity index (χ3n) is 7.24. The summed E-state index contributed by atoms with van der Waals surface area (Å²) in [7, 11) is 0. The molecule has 28 heavy (non-hydrogen) atoms. The third kappa shape index (κ3) is 6.77. The molecule has 0 amide bonds. The third-order valence-corrected chi connectivity index (χ3v) is 7.24. The first-order valence-electron chi connectivity index (χ1n) is 11.4. The maximum Gasteiger partial charge on any atom is 0.309 e. The van der Waals surface area contributed by atoms with Crippen molar-refractivity contribution in [3.8, 4) is 0 Å². The Morgan fingerprint density at radius 3 is 1.71 bits per heavy atom. The van der Waals surface area contributed by atoms with Gasteiger partial charge in [0, 0.05) is 0 Å². The number of carboxylic acid groups (broad SMARTS) is 2. The van der Waals surface area contributed by atoms with Crippen LogP contribution in [0.25, 0.3) is 0 Å². The SMILES string of the molecule is CCCCCCCC(C)(C(=O)O)C(CCCCC(C)C(=O)O)(C(C)C)C(C)C. The van der Waals surface area contributed by atoms with Crippen LogP contribution in [0.5, 0.6) is 0 Å². The summed E-state index contributed by atoms with van der Waals surface area (Å²) >= 11 is 0. The fourth-order valence-corrected chi connectivity index (χ4v) is 5.41. The van der Waals surface area contributed by atoms with Gasteiger partial charge in [0.05, 0.1) is 11.3 Å². The number of unbranched alkanes of at least 4 members (excludes halogenated alkanes) is 5. The zero-order valence-corrected chi connectivity index (χ0v) is 19.5. The van der Waals surface area contributed by atoms with E-state index in [-0.39, 0.29) is 23.2 Å². The second-order valence-corrected chi connectivity index (χ2v) is 9.64. The van der Waals surface area contributed by atoms with Crippen molar-refractivity contribution in [2.24, 2.45) is 28.6 Å². The van der Waals surface area contributed by atoms with Gasteiger partial charge in [0.15, 0.2) is 0 Å². The number of carboxylic acids is 2. The Morgan fingerprint density at radius 1 is 0.786 bits per heavy atom. The van der Waals surface area contributed by atoms with E-state index < -0.39 is 17.4 Å². The molecule has 0 aromatic rings. The predicted octanol–water partition coefficient (Wildman–Crippen LogP) is 7.02. The highest BCUT2D eigenvalue weighted by molar-refractivity contribution is 5.75. The Kier molecular flexibility index (Phi) is 12.0. The molecule has 0 rings (SSSR count). The Bertz CT molecular complexity index is 461. The Hall–Kier alpha value is -1.06. The van der Waals surface area contributed by atoms with E-state index in [1.165, 1.54) is 19.3 Å². The van der Waals surface area contributed by atoms with Crippen LogP contribution in [-0.4, -0.2) is 22.2 Å². The summed E-state index contributed by atoms with van der Waals surface area (Å²) in [5.74, 6) is -1.26. The first-order chi connectivity index (χ1) is 13.0. The van der Waals surface area contributed by atoms with E-state index in [0.29, 0.717) is 12.8 Å². The van der Waals surface area contributed by atoms with Crippen LogP contribution in [0.3, 0.4) is 0 Å². The maximum absolute atomic E-state index is 12.5. The summed E-state index contributed by atoms with van der Waals surface area (Å²) < 4.78 is 0. The second-order valence-electron chi connectivity index (χ2n) is 9.64. The molecule has 0 bridgehead atoms. The topological polar surface area (TPSA) is 74.6 Å². The van der Waals surface area contributed by atoms with E-state index in [2.05, 4.69) is 34.6 Å². The van der Waals surface area contributed by atoms with E-state index in [0.717, 1.165) is 32.1 Å². The van der Waals surface area contributed by atoms with Crippen molar-refractivity contribution >= 4 is 11.9 Å². The van der Waals surface area contributed by atoms with Crippen molar-refractivity contribution in [3.05, 3.63) is 0 Å². The van der Waals surface area contributed by atoms with Crippen LogP contribution in [0.2, 0.25) is 0 Å². The van der Waals surface area contributed by atoms with Crippen molar-refractivity contribution < 1.29 is 19.8 Å². The van der Waals surface area contributed by atoms with Gasteiger partial charge in [0.25, 0.3) is 0 Å². The van der Waals surface area contributed by atoms with Gasteiger partial charge in [-0.1, -0.05) is 86.5 Å². The molecule has 0 saturated heterocycles. The van der Waals surface area contributed by atoms with Crippen LogP contribution < -0.4 is 0 Å². The van der Waals surface area contributed by atoms with Crippen LogP contribution in [0.1, 0.15) is 113 Å². The van der Waals surface area contributed by atoms with Gasteiger partial charge in [0.1, 0.15) is 0 Å². The van der Waals surface area contributed by atoms with Crippen molar-refractivity contribution in [1.82, 2.24) is 0 Å². The fraction of sp³-hybridized carbons (Fsp3) is 0.917. The Morgan fingerprint density at radius 2 is 1.29 bits per heavy atom. The fourth-order valence-electron chi connectivity index (χ4n) is 5.41. The highest BCUT2D eigenvalue weighted by Gasteiger charge is 2.55. The Balaban J connectivity index is 5.42. The van der Waals surface area contributed by atoms with Gasteiger partial charge in [-0.3, -0.25) is 9.59 Å². The smallest absolute Gasteiger partial charge is 0.309 e. The molecule has 0 aromatic carbocycles. The number of carbonyl (C=O) groups is 2. The summed E-state index contributed by atoms with van der Waals surface area (Å²) in [6, 6.07) is 0.